The number of carbonyl (C=O) groups excluding carboxylic acids is 1. The Labute approximate surface area is 197 Å². The lowest BCUT2D eigenvalue weighted by atomic mass is 10.0. The average Bonchev–Trinajstić information content (AvgIpc) is 3.28. The van der Waals surface area contributed by atoms with E-state index in [0.717, 1.165) is 42.4 Å². The lowest BCUT2D eigenvalue weighted by molar-refractivity contribution is 0.0988. The Morgan fingerprint density at radius 3 is 2.65 bits per heavy atom. The SMILES string of the molecule is COc1cc2cc(CC(=O)c3cc4ccccc4[nH]3)c(=O)oc2c(C)c1OC1CCN(C)CC1. The van der Waals surface area contributed by atoms with E-state index < -0.39 is 5.63 Å². The second kappa shape index (κ2) is 8.99. The van der Waals surface area contributed by atoms with Gasteiger partial charge in [0.15, 0.2) is 17.3 Å². The smallest absolute Gasteiger partial charge is 0.339 e. The van der Waals surface area contributed by atoms with Gasteiger partial charge in [-0.05, 0) is 51.1 Å². The van der Waals surface area contributed by atoms with Crippen LogP contribution in [0.25, 0.3) is 21.9 Å². The molecular formula is C27H28N2O5. The van der Waals surface area contributed by atoms with E-state index in [1.807, 2.05) is 37.3 Å². The number of aromatic amines is 1. The Bertz CT molecular complexity index is 1390. The number of H-pyrrole nitrogens is 1. The average molecular weight is 461 g/mol. The van der Waals surface area contributed by atoms with Crippen molar-refractivity contribution >= 4 is 27.7 Å². The van der Waals surface area contributed by atoms with Crippen LogP contribution in [0.4, 0.5) is 0 Å². The number of nitrogens with one attached hydrogen (secondary N) is 1. The Morgan fingerprint density at radius 1 is 1.15 bits per heavy atom. The molecule has 1 saturated heterocycles. The minimum Gasteiger partial charge on any atom is -0.493 e. The molecular weight excluding hydrogens is 432 g/mol. The van der Waals surface area contributed by atoms with Gasteiger partial charge in [0.1, 0.15) is 11.7 Å². The Kier molecular flexibility index (Phi) is 5.87. The van der Waals surface area contributed by atoms with Crippen molar-refractivity contribution < 1.29 is 18.7 Å². The second-order valence-corrected chi connectivity index (χ2v) is 9.00. The number of piperidine rings is 1. The molecule has 0 saturated carbocycles. The lowest BCUT2D eigenvalue weighted by Crippen LogP contribution is -2.35. The Hall–Kier alpha value is -3.58. The maximum absolute atomic E-state index is 12.9. The zero-order valence-electron chi connectivity index (χ0n) is 19.6. The van der Waals surface area contributed by atoms with Gasteiger partial charge in [0.2, 0.25) is 0 Å². The van der Waals surface area contributed by atoms with Gasteiger partial charge in [-0.3, -0.25) is 4.79 Å². The summed E-state index contributed by atoms with van der Waals surface area (Å²) in [5.41, 5.74) is 2.32. The van der Waals surface area contributed by atoms with E-state index in [4.69, 9.17) is 13.9 Å². The van der Waals surface area contributed by atoms with Crippen LogP contribution in [-0.4, -0.2) is 49.0 Å². The molecule has 0 spiro atoms. The number of fused-ring (bicyclic) bond motifs is 2. The fourth-order valence-corrected chi connectivity index (χ4v) is 4.61. The van der Waals surface area contributed by atoms with Gasteiger partial charge in [-0.15, -0.1) is 0 Å². The number of aromatic nitrogens is 1. The molecule has 34 heavy (non-hydrogen) atoms. The van der Waals surface area contributed by atoms with Crippen molar-refractivity contribution in [3.8, 4) is 11.5 Å². The van der Waals surface area contributed by atoms with Crippen molar-refractivity contribution in [3.63, 3.8) is 0 Å². The molecule has 0 unspecified atom stereocenters. The molecule has 4 aromatic rings. The lowest BCUT2D eigenvalue weighted by Gasteiger charge is -2.30. The number of carbonyl (C=O) groups is 1. The number of likely N-dealkylation sites (tertiary alicyclic amines) is 1. The molecule has 7 nitrogen and oxygen atoms in total. The van der Waals surface area contributed by atoms with Crippen LogP contribution in [0.3, 0.4) is 0 Å². The van der Waals surface area contributed by atoms with Gasteiger partial charge >= 0.3 is 5.63 Å². The molecule has 1 fully saturated rings. The van der Waals surface area contributed by atoms with Gasteiger partial charge in [0, 0.05) is 46.9 Å². The molecule has 0 atom stereocenters. The summed E-state index contributed by atoms with van der Waals surface area (Å²) in [7, 11) is 3.70. The molecule has 176 valence electrons. The number of methoxy groups -OCH3 is 1. The third kappa shape index (κ3) is 4.19. The first-order chi connectivity index (χ1) is 16.4. The van der Waals surface area contributed by atoms with E-state index in [1.54, 1.807) is 19.2 Å². The largest absolute Gasteiger partial charge is 0.493 e. The van der Waals surface area contributed by atoms with E-state index in [0.29, 0.717) is 33.7 Å². The highest BCUT2D eigenvalue weighted by Gasteiger charge is 2.23. The Morgan fingerprint density at radius 2 is 1.91 bits per heavy atom. The molecule has 0 radical (unpaired) electrons. The molecule has 0 amide bonds. The summed E-state index contributed by atoms with van der Waals surface area (Å²) in [5.74, 6) is 1.02. The standard InChI is InChI=1S/C27H28N2O5/c1-16-25-18(15-24(32-3)26(16)33-20-8-10-29(2)11-9-20)12-19(27(31)34-25)14-23(30)22-13-17-6-4-5-7-21(17)28-22/h4-7,12-13,15,20,28H,8-11,14H2,1-3H3. The predicted octanol–water partition coefficient (Wildman–Crippen LogP) is 4.49. The quantitative estimate of drug-likeness (QED) is 0.337. The first kappa shape index (κ1) is 22.2. The van der Waals surface area contributed by atoms with Crippen LogP contribution in [0, 0.1) is 6.92 Å². The maximum atomic E-state index is 12.9. The highest BCUT2D eigenvalue weighted by molar-refractivity contribution is 6.00. The fraction of sp³-hybridized carbons (Fsp3) is 0.333. The van der Waals surface area contributed by atoms with Crippen LogP contribution < -0.4 is 15.1 Å². The van der Waals surface area contributed by atoms with Crippen LogP contribution in [0.1, 0.15) is 34.5 Å². The minimum atomic E-state index is -0.518. The number of para-hydroxylation sites is 1. The second-order valence-electron chi connectivity index (χ2n) is 9.00. The summed E-state index contributed by atoms with van der Waals surface area (Å²) >= 11 is 0. The van der Waals surface area contributed by atoms with Gasteiger partial charge < -0.3 is 23.8 Å². The Balaban J connectivity index is 1.46. The first-order valence-corrected chi connectivity index (χ1v) is 11.5. The zero-order valence-corrected chi connectivity index (χ0v) is 19.6. The molecule has 1 aliphatic rings. The van der Waals surface area contributed by atoms with Crippen molar-refractivity contribution in [1.29, 1.82) is 0 Å². The topological polar surface area (TPSA) is 84.8 Å². The van der Waals surface area contributed by atoms with E-state index in [1.165, 1.54) is 0 Å². The zero-order chi connectivity index (χ0) is 23.8. The van der Waals surface area contributed by atoms with Crippen molar-refractivity contribution in [2.75, 3.05) is 27.2 Å². The number of nitrogens with zero attached hydrogens (tertiary/aromatic N) is 1. The number of Topliss-reactive ketones (excluding diaryl/α,β-unsaturated/α-hetero) is 1. The highest BCUT2D eigenvalue weighted by Crippen LogP contribution is 2.38. The molecule has 7 heteroatoms. The minimum absolute atomic E-state index is 0.0553. The third-order valence-corrected chi connectivity index (χ3v) is 6.59. The van der Waals surface area contributed by atoms with Gasteiger partial charge in [0.05, 0.1) is 12.8 Å². The van der Waals surface area contributed by atoms with E-state index in [-0.39, 0.29) is 18.3 Å². The van der Waals surface area contributed by atoms with Crippen LogP contribution >= 0.6 is 0 Å². The third-order valence-electron chi connectivity index (χ3n) is 6.59. The normalized spacial score (nSPS) is 15.1. The summed E-state index contributed by atoms with van der Waals surface area (Å²) in [6.45, 7) is 3.82. The van der Waals surface area contributed by atoms with Crippen molar-refractivity contribution in [2.24, 2.45) is 0 Å². The van der Waals surface area contributed by atoms with Crippen LogP contribution in [-0.2, 0) is 6.42 Å². The number of ether oxygens (including phenoxy) is 2. The maximum Gasteiger partial charge on any atom is 0.339 e. The molecule has 0 aliphatic carbocycles. The van der Waals surface area contributed by atoms with E-state index >= 15 is 0 Å². The van der Waals surface area contributed by atoms with Crippen molar-refractivity contribution in [2.45, 2.75) is 32.3 Å². The van der Waals surface area contributed by atoms with Gasteiger partial charge in [0.25, 0.3) is 0 Å². The monoisotopic (exact) mass is 460 g/mol. The molecule has 1 N–H and O–H groups in total. The number of ketones is 1. The van der Waals surface area contributed by atoms with Crippen molar-refractivity contribution in [3.05, 3.63) is 69.7 Å². The summed E-state index contributed by atoms with van der Waals surface area (Å²) in [5, 5.41) is 1.65. The molecule has 1 aliphatic heterocycles. The molecule has 5 rings (SSSR count). The molecule has 3 heterocycles. The number of rotatable bonds is 6. The van der Waals surface area contributed by atoms with Crippen molar-refractivity contribution in [1.82, 2.24) is 9.88 Å². The fourth-order valence-electron chi connectivity index (χ4n) is 4.61. The number of hydrogen-bond acceptors (Lipinski definition) is 6. The van der Waals surface area contributed by atoms with E-state index in [9.17, 15) is 9.59 Å². The highest BCUT2D eigenvalue weighted by atomic mass is 16.5. The summed E-state index contributed by atoms with van der Waals surface area (Å²) in [6.07, 6.45) is 1.88. The molecule has 2 aromatic heterocycles. The summed E-state index contributed by atoms with van der Waals surface area (Å²) < 4.78 is 17.6. The summed E-state index contributed by atoms with van der Waals surface area (Å²) in [6, 6.07) is 13.0. The molecule has 0 bridgehead atoms. The number of hydrogen-bond donors (Lipinski definition) is 1. The number of benzene rings is 2. The first-order valence-electron chi connectivity index (χ1n) is 11.5. The van der Waals surface area contributed by atoms with Crippen LogP contribution in [0.5, 0.6) is 11.5 Å². The van der Waals surface area contributed by atoms with Gasteiger partial charge in [-0.1, -0.05) is 18.2 Å². The molecule has 2 aromatic carbocycles. The predicted molar refractivity (Wildman–Crippen MR) is 131 cm³/mol. The van der Waals surface area contributed by atoms with Gasteiger partial charge in [-0.2, -0.15) is 0 Å². The summed E-state index contributed by atoms with van der Waals surface area (Å²) in [4.78, 5) is 31.1. The van der Waals surface area contributed by atoms with Gasteiger partial charge in [-0.25, -0.2) is 4.79 Å². The van der Waals surface area contributed by atoms with Crippen LogP contribution in [0.2, 0.25) is 0 Å². The van der Waals surface area contributed by atoms with Crippen LogP contribution in [0.15, 0.2) is 51.7 Å². The van der Waals surface area contributed by atoms with E-state index in [2.05, 4.69) is 16.9 Å². The number of aryl methyl sites for hydroxylation is 1.